The molecule has 6 heteroatoms. The van der Waals surface area contributed by atoms with Crippen molar-refractivity contribution in [1.29, 1.82) is 0 Å². The van der Waals surface area contributed by atoms with Gasteiger partial charge in [0.2, 0.25) is 0 Å². The fourth-order valence-corrected chi connectivity index (χ4v) is 3.02. The van der Waals surface area contributed by atoms with Gasteiger partial charge in [-0.3, -0.25) is 20.4 Å². The molecule has 0 atom stereocenters. The van der Waals surface area contributed by atoms with Crippen LogP contribution in [-0.2, 0) is 0 Å². The van der Waals surface area contributed by atoms with Crippen molar-refractivity contribution in [3.8, 4) is 5.75 Å². The van der Waals surface area contributed by atoms with Crippen molar-refractivity contribution in [2.45, 2.75) is 58.3 Å². The van der Waals surface area contributed by atoms with Gasteiger partial charge in [0, 0.05) is 16.8 Å². The zero-order valence-electron chi connectivity index (χ0n) is 17.8. The van der Waals surface area contributed by atoms with Crippen molar-refractivity contribution < 1.29 is 14.3 Å². The monoisotopic (exact) mass is 411 g/mol. The molecule has 0 heterocycles. The second-order valence-electron chi connectivity index (χ2n) is 7.38. The highest BCUT2D eigenvalue weighted by atomic mass is 16.5. The maximum Gasteiger partial charge on any atom is 0.269 e. The molecule has 30 heavy (non-hydrogen) atoms. The SMILES string of the molecule is CCCCCCCCCCOc1ccc(C(=O)NNC(=O)c2ccc(N)cc2)cc1. The van der Waals surface area contributed by atoms with E-state index in [1.165, 1.54) is 44.9 Å². The lowest BCUT2D eigenvalue weighted by Gasteiger charge is -2.09. The number of amides is 2. The van der Waals surface area contributed by atoms with Crippen LogP contribution in [0.25, 0.3) is 0 Å². The van der Waals surface area contributed by atoms with Gasteiger partial charge in [-0.2, -0.15) is 0 Å². The number of rotatable bonds is 12. The van der Waals surface area contributed by atoms with E-state index >= 15 is 0 Å². The predicted octanol–water partition coefficient (Wildman–Crippen LogP) is 4.86. The Morgan fingerprint density at radius 1 is 0.733 bits per heavy atom. The fraction of sp³-hybridized carbons (Fsp3) is 0.417. The van der Waals surface area contributed by atoms with E-state index < -0.39 is 11.8 Å². The quantitative estimate of drug-likeness (QED) is 0.264. The Morgan fingerprint density at radius 2 is 1.20 bits per heavy atom. The molecular weight excluding hydrogens is 378 g/mol. The molecule has 0 spiro atoms. The lowest BCUT2D eigenvalue weighted by atomic mass is 10.1. The first-order valence-corrected chi connectivity index (χ1v) is 10.8. The second-order valence-corrected chi connectivity index (χ2v) is 7.38. The first kappa shape index (κ1) is 23.3. The number of hydrogen-bond acceptors (Lipinski definition) is 4. The number of nitrogens with two attached hydrogens (primary N) is 1. The summed E-state index contributed by atoms with van der Waals surface area (Å²) >= 11 is 0. The molecule has 2 aromatic rings. The standard InChI is InChI=1S/C24H33N3O3/c1-2-3-4-5-6-7-8-9-18-30-22-16-12-20(13-17-22)24(29)27-26-23(28)19-10-14-21(25)15-11-19/h10-17H,2-9,18,25H2,1H3,(H,26,28)(H,27,29). The van der Waals surface area contributed by atoms with Crippen molar-refractivity contribution in [3.05, 3.63) is 59.7 Å². The normalized spacial score (nSPS) is 10.4. The molecule has 0 unspecified atom stereocenters. The Bertz CT molecular complexity index is 773. The molecule has 0 aliphatic rings. The van der Waals surface area contributed by atoms with E-state index in [4.69, 9.17) is 10.5 Å². The summed E-state index contributed by atoms with van der Waals surface area (Å²) in [7, 11) is 0. The predicted molar refractivity (Wildman–Crippen MR) is 120 cm³/mol. The maximum absolute atomic E-state index is 12.2. The Balaban J connectivity index is 1.64. The third-order valence-electron chi connectivity index (χ3n) is 4.85. The minimum Gasteiger partial charge on any atom is -0.494 e. The van der Waals surface area contributed by atoms with Crippen LogP contribution in [-0.4, -0.2) is 18.4 Å². The van der Waals surface area contributed by atoms with E-state index in [0.29, 0.717) is 23.4 Å². The van der Waals surface area contributed by atoms with Gasteiger partial charge in [0.15, 0.2) is 0 Å². The summed E-state index contributed by atoms with van der Waals surface area (Å²) in [5, 5.41) is 0. The smallest absolute Gasteiger partial charge is 0.269 e. The number of benzene rings is 2. The number of ether oxygens (including phenoxy) is 1. The van der Waals surface area contributed by atoms with Gasteiger partial charge in [0.05, 0.1) is 6.61 Å². The maximum atomic E-state index is 12.2. The van der Waals surface area contributed by atoms with E-state index in [9.17, 15) is 9.59 Å². The van der Waals surface area contributed by atoms with Gasteiger partial charge in [-0.05, 0) is 55.0 Å². The molecule has 162 valence electrons. The van der Waals surface area contributed by atoms with Crippen LogP contribution < -0.4 is 21.3 Å². The Hall–Kier alpha value is -3.02. The Morgan fingerprint density at radius 3 is 1.73 bits per heavy atom. The van der Waals surface area contributed by atoms with Gasteiger partial charge >= 0.3 is 0 Å². The van der Waals surface area contributed by atoms with Crippen LogP contribution in [0.15, 0.2) is 48.5 Å². The largest absolute Gasteiger partial charge is 0.494 e. The topological polar surface area (TPSA) is 93.5 Å². The highest BCUT2D eigenvalue weighted by molar-refractivity contribution is 5.99. The first-order valence-electron chi connectivity index (χ1n) is 10.8. The molecule has 0 aliphatic heterocycles. The van der Waals surface area contributed by atoms with Crippen LogP contribution in [0.3, 0.4) is 0 Å². The summed E-state index contributed by atoms with van der Waals surface area (Å²) in [6.45, 7) is 2.91. The molecule has 6 nitrogen and oxygen atoms in total. The number of anilines is 1. The van der Waals surface area contributed by atoms with Crippen molar-refractivity contribution in [2.75, 3.05) is 12.3 Å². The molecule has 0 fully saturated rings. The number of carbonyl (C=O) groups excluding carboxylic acids is 2. The van der Waals surface area contributed by atoms with Gasteiger partial charge in [0.1, 0.15) is 5.75 Å². The van der Waals surface area contributed by atoms with Gasteiger partial charge in [-0.1, -0.05) is 51.9 Å². The lowest BCUT2D eigenvalue weighted by molar-refractivity contribution is 0.0846. The van der Waals surface area contributed by atoms with E-state index in [-0.39, 0.29) is 0 Å². The molecule has 0 aromatic heterocycles. The van der Waals surface area contributed by atoms with E-state index in [1.54, 1.807) is 48.5 Å². The fourth-order valence-electron chi connectivity index (χ4n) is 3.02. The zero-order valence-corrected chi connectivity index (χ0v) is 17.8. The number of hydrogen-bond donors (Lipinski definition) is 3. The van der Waals surface area contributed by atoms with Crippen LogP contribution in [0.4, 0.5) is 5.69 Å². The molecule has 0 bridgehead atoms. The van der Waals surface area contributed by atoms with Crippen molar-refractivity contribution in [2.24, 2.45) is 0 Å². The summed E-state index contributed by atoms with van der Waals surface area (Å²) in [6, 6.07) is 13.3. The van der Waals surface area contributed by atoms with Crippen LogP contribution in [0.1, 0.15) is 79.0 Å². The number of hydrazine groups is 1. The number of carbonyl (C=O) groups is 2. The average Bonchev–Trinajstić information content (AvgIpc) is 2.77. The molecule has 2 amide bonds. The van der Waals surface area contributed by atoms with Gasteiger partial charge in [-0.25, -0.2) is 0 Å². The second kappa shape index (κ2) is 13.2. The van der Waals surface area contributed by atoms with E-state index in [1.807, 2.05) is 0 Å². The summed E-state index contributed by atoms with van der Waals surface area (Å²) in [5.41, 5.74) is 11.8. The highest BCUT2D eigenvalue weighted by Gasteiger charge is 2.09. The minimum atomic E-state index is -0.409. The zero-order chi connectivity index (χ0) is 21.6. The van der Waals surface area contributed by atoms with Crippen LogP contribution in [0.5, 0.6) is 5.75 Å². The highest BCUT2D eigenvalue weighted by Crippen LogP contribution is 2.14. The summed E-state index contributed by atoms with van der Waals surface area (Å²) in [4.78, 5) is 24.2. The molecule has 0 radical (unpaired) electrons. The van der Waals surface area contributed by atoms with Gasteiger partial charge < -0.3 is 10.5 Å². The van der Waals surface area contributed by atoms with E-state index in [0.717, 1.165) is 12.2 Å². The summed E-state index contributed by atoms with van der Waals surface area (Å²) < 4.78 is 5.74. The van der Waals surface area contributed by atoms with Crippen molar-refractivity contribution in [1.82, 2.24) is 10.9 Å². The third kappa shape index (κ3) is 8.55. The number of unbranched alkanes of at least 4 members (excludes halogenated alkanes) is 7. The number of nitrogen functional groups attached to an aromatic ring is 1. The van der Waals surface area contributed by atoms with Crippen LogP contribution in [0.2, 0.25) is 0 Å². The number of nitrogens with one attached hydrogen (secondary N) is 2. The van der Waals surface area contributed by atoms with E-state index in [2.05, 4.69) is 17.8 Å². The molecule has 0 aliphatic carbocycles. The van der Waals surface area contributed by atoms with Gasteiger partial charge in [-0.15, -0.1) is 0 Å². The Labute approximate surface area is 179 Å². The van der Waals surface area contributed by atoms with Crippen LogP contribution in [0, 0.1) is 0 Å². The molecule has 0 saturated carbocycles. The molecule has 2 rings (SSSR count). The van der Waals surface area contributed by atoms with Crippen molar-refractivity contribution in [3.63, 3.8) is 0 Å². The lowest BCUT2D eigenvalue weighted by Crippen LogP contribution is -2.41. The van der Waals surface area contributed by atoms with Gasteiger partial charge in [0.25, 0.3) is 11.8 Å². The molecule has 4 N–H and O–H groups in total. The van der Waals surface area contributed by atoms with Crippen LogP contribution >= 0.6 is 0 Å². The average molecular weight is 412 g/mol. The molecule has 2 aromatic carbocycles. The molecule has 0 saturated heterocycles. The van der Waals surface area contributed by atoms with Crippen molar-refractivity contribution >= 4 is 17.5 Å². The Kier molecular flexibility index (Phi) is 10.3. The third-order valence-corrected chi connectivity index (χ3v) is 4.85. The summed E-state index contributed by atoms with van der Waals surface area (Å²) in [5.74, 6) is -0.0671. The summed E-state index contributed by atoms with van der Waals surface area (Å²) in [6.07, 6.45) is 10.1. The molecular formula is C24H33N3O3. The first-order chi connectivity index (χ1) is 14.6. The minimum absolute atomic E-state index is 0.395.